The number of rotatable bonds is 8. The number of benzene rings is 2. The Morgan fingerprint density at radius 2 is 1.53 bits per heavy atom. The molecule has 1 aliphatic rings. The van der Waals surface area contributed by atoms with E-state index in [0.29, 0.717) is 23.1 Å². The molecule has 0 radical (unpaired) electrons. The SMILES string of the molecule is CCC(Cc1cc(OC)c(C(F)(F)CC)cc1OC)N1C(=O)c2ccccc2C1=O. The molecule has 0 bridgehead atoms. The lowest BCUT2D eigenvalue weighted by Gasteiger charge is -2.27. The lowest BCUT2D eigenvalue weighted by molar-refractivity contribution is -0.0106. The first-order chi connectivity index (χ1) is 14.3. The minimum atomic E-state index is -3.07. The molecule has 1 aliphatic heterocycles. The summed E-state index contributed by atoms with van der Waals surface area (Å²) in [4.78, 5) is 27.0. The summed E-state index contributed by atoms with van der Waals surface area (Å²) in [5, 5.41) is 0. The summed E-state index contributed by atoms with van der Waals surface area (Å²) in [7, 11) is 2.74. The highest BCUT2D eigenvalue weighted by Crippen LogP contribution is 2.42. The van der Waals surface area contributed by atoms with Crippen LogP contribution in [-0.2, 0) is 12.3 Å². The van der Waals surface area contributed by atoms with Crippen LogP contribution in [0, 0.1) is 0 Å². The van der Waals surface area contributed by atoms with Crippen molar-refractivity contribution in [2.45, 2.75) is 45.1 Å². The van der Waals surface area contributed by atoms with Gasteiger partial charge in [0.15, 0.2) is 0 Å². The van der Waals surface area contributed by atoms with Gasteiger partial charge in [0.2, 0.25) is 0 Å². The zero-order chi connectivity index (χ0) is 22.1. The number of alkyl halides is 2. The molecule has 1 atom stereocenters. The van der Waals surface area contributed by atoms with E-state index in [9.17, 15) is 18.4 Å². The van der Waals surface area contributed by atoms with Crippen molar-refractivity contribution in [2.75, 3.05) is 14.2 Å². The number of carbonyl (C=O) groups is 2. The third kappa shape index (κ3) is 3.64. The van der Waals surface area contributed by atoms with Crippen molar-refractivity contribution in [3.8, 4) is 11.5 Å². The normalized spacial score (nSPS) is 14.7. The fourth-order valence-corrected chi connectivity index (χ4v) is 3.81. The van der Waals surface area contributed by atoms with Crippen molar-refractivity contribution in [3.05, 3.63) is 58.7 Å². The number of hydrogen-bond donors (Lipinski definition) is 0. The zero-order valence-electron chi connectivity index (χ0n) is 17.5. The number of ether oxygens (including phenoxy) is 2. The largest absolute Gasteiger partial charge is 0.496 e. The first-order valence-corrected chi connectivity index (χ1v) is 9.89. The molecular formula is C23H25F2NO4. The predicted molar refractivity (Wildman–Crippen MR) is 108 cm³/mol. The Morgan fingerprint density at radius 3 is 2.00 bits per heavy atom. The minimum absolute atomic E-state index is 0.0508. The quantitative estimate of drug-likeness (QED) is 0.578. The van der Waals surface area contributed by atoms with E-state index >= 15 is 0 Å². The molecule has 0 saturated carbocycles. The molecular weight excluding hydrogens is 392 g/mol. The highest BCUT2D eigenvalue weighted by atomic mass is 19.3. The summed E-state index contributed by atoms with van der Waals surface area (Å²) in [5.74, 6) is -3.43. The van der Waals surface area contributed by atoms with Gasteiger partial charge in [-0.25, -0.2) is 8.78 Å². The van der Waals surface area contributed by atoms with Crippen molar-refractivity contribution < 1.29 is 27.8 Å². The van der Waals surface area contributed by atoms with Crippen LogP contribution in [0.2, 0.25) is 0 Å². The van der Waals surface area contributed by atoms with Crippen molar-refractivity contribution in [1.82, 2.24) is 4.90 Å². The van der Waals surface area contributed by atoms with Gasteiger partial charge in [0.1, 0.15) is 11.5 Å². The van der Waals surface area contributed by atoms with E-state index < -0.39 is 12.0 Å². The van der Waals surface area contributed by atoms with Gasteiger partial charge in [-0.2, -0.15) is 0 Å². The van der Waals surface area contributed by atoms with Gasteiger partial charge in [-0.3, -0.25) is 14.5 Å². The Balaban J connectivity index is 1.98. The Kier molecular flexibility index (Phi) is 6.10. The van der Waals surface area contributed by atoms with Gasteiger partial charge in [-0.1, -0.05) is 26.0 Å². The van der Waals surface area contributed by atoms with Crippen molar-refractivity contribution in [1.29, 1.82) is 0 Å². The fraction of sp³-hybridized carbons (Fsp3) is 0.391. The Hall–Kier alpha value is -2.96. The molecule has 1 heterocycles. The van der Waals surface area contributed by atoms with Gasteiger partial charge in [0, 0.05) is 12.5 Å². The second-order valence-corrected chi connectivity index (χ2v) is 7.21. The molecule has 3 rings (SSSR count). The molecule has 5 nitrogen and oxygen atoms in total. The number of halogens is 2. The summed E-state index contributed by atoms with van der Waals surface area (Å²) in [6.07, 6.45) is 0.391. The van der Waals surface area contributed by atoms with Crippen LogP contribution < -0.4 is 9.47 Å². The van der Waals surface area contributed by atoms with Crippen LogP contribution >= 0.6 is 0 Å². The van der Waals surface area contributed by atoms with Gasteiger partial charge in [-0.05, 0) is 42.7 Å². The molecule has 0 aliphatic carbocycles. The molecule has 30 heavy (non-hydrogen) atoms. The van der Waals surface area contributed by atoms with Gasteiger partial charge < -0.3 is 9.47 Å². The lowest BCUT2D eigenvalue weighted by Crippen LogP contribution is -2.40. The maximum absolute atomic E-state index is 14.4. The predicted octanol–water partition coefficient (Wildman–Crippen LogP) is 4.82. The van der Waals surface area contributed by atoms with Crippen LogP contribution in [0.3, 0.4) is 0 Å². The molecule has 7 heteroatoms. The van der Waals surface area contributed by atoms with Crippen LogP contribution in [-0.4, -0.2) is 37.0 Å². The highest BCUT2D eigenvalue weighted by Gasteiger charge is 2.40. The standard InChI is InChI=1S/C23H25F2NO4/c1-5-15(26-21(27)16-9-7-8-10-17(16)22(26)28)11-14-12-20(30-4)18(13-19(14)29-3)23(24,25)6-2/h7-10,12-13,15H,5-6,11H2,1-4H3. The van der Waals surface area contributed by atoms with Gasteiger partial charge in [0.25, 0.3) is 17.7 Å². The number of fused-ring (bicyclic) bond motifs is 1. The van der Waals surface area contributed by atoms with E-state index in [2.05, 4.69) is 0 Å². The van der Waals surface area contributed by atoms with Crippen molar-refractivity contribution >= 4 is 11.8 Å². The second-order valence-electron chi connectivity index (χ2n) is 7.21. The first-order valence-electron chi connectivity index (χ1n) is 9.89. The number of nitrogens with zero attached hydrogens (tertiary/aromatic N) is 1. The van der Waals surface area contributed by atoms with Gasteiger partial charge >= 0.3 is 0 Å². The zero-order valence-corrected chi connectivity index (χ0v) is 17.5. The monoisotopic (exact) mass is 417 g/mol. The van der Waals surface area contributed by atoms with E-state index in [4.69, 9.17) is 9.47 Å². The number of imide groups is 1. The molecule has 1 unspecified atom stereocenters. The molecule has 0 aromatic heterocycles. The number of carbonyl (C=O) groups excluding carboxylic acids is 2. The van der Waals surface area contributed by atoms with Crippen LogP contribution in [0.4, 0.5) is 8.78 Å². The van der Waals surface area contributed by atoms with E-state index in [1.165, 1.54) is 38.2 Å². The topological polar surface area (TPSA) is 55.8 Å². The van der Waals surface area contributed by atoms with E-state index in [1.807, 2.05) is 6.92 Å². The lowest BCUT2D eigenvalue weighted by atomic mass is 9.96. The molecule has 2 aromatic rings. The number of hydrogen-bond acceptors (Lipinski definition) is 4. The van der Waals surface area contributed by atoms with Gasteiger partial charge in [0.05, 0.1) is 30.9 Å². The number of methoxy groups -OCH3 is 2. The molecule has 160 valence electrons. The molecule has 0 spiro atoms. The summed E-state index contributed by atoms with van der Waals surface area (Å²) >= 11 is 0. The highest BCUT2D eigenvalue weighted by molar-refractivity contribution is 6.21. The molecule has 0 N–H and O–H groups in total. The second kappa shape index (κ2) is 8.42. The van der Waals surface area contributed by atoms with Crippen molar-refractivity contribution in [3.63, 3.8) is 0 Å². The van der Waals surface area contributed by atoms with Crippen LogP contribution in [0.25, 0.3) is 0 Å². The molecule has 2 amide bonds. The third-order valence-corrected chi connectivity index (χ3v) is 5.56. The summed E-state index contributed by atoms with van der Waals surface area (Å²) in [6, 6.07) is 9.05. The Morgan fingerprint density at radius 1 is 0.967 bits per heavy atom. The maximum atomic E-state index is 14.4. The van der Waals surface area contributed by atoms with Gasteiger partial charge in [-0.15, -0.1) is 0 Å². The molecule has 0 fully saturated rings. The minimum Gasteiger partial charge on any atom is -0.496 e. The van der Waals surface area contributed by atoms with E-state index in [-0.39, 0.29) is 41.7 Å². The Labute approximate surface area is 174 Å². The third-order valence-electron chi connectivity index (χ3n) is 5.56. The molecule has 0 saturated heterocycles. The fourth-order valence-electron chi connectivity index (χ4n) is 3.81. The molecule has 2 aromatic carbocycles. The van der Waals surface area contributed by atoms with Crippen LogP contribution in [0.5, 0.6) is 11.5 Å². The van der Waals surface area contributed by atoms with E-state index in [0.717, 1.165) is 0 Å². The first kappa shape index (κ1) is 21.7. The van der Waals surface area contributed by atoms with Crippen LogP contribution in [0.15, 0.2) is 36.4 Å². The van der Waals surface area contributed by atoms with Crippen molar-refractivity contribution in [2.24, 2.45) is 0 Å². The average Bonchev–Trinajstić information content (AvgIpc) is 3.01. The maximum Gasteiger partial charge on any atom is 0.276 e. The summed E-state index contributed by atoms with van der Waals surface area (Å²) in [6.45, 7) is 3.27. The van der Waals surface area contributed by atoms with Crippen LogP contribution in [0.1, 0.15) is 58.5 Å². The number of amides is 2. The van der Waals surface area contributed by atoms with E-state index in [1.54, 1.807) is 24.3 Å². The average molecular weight is 417 g/mol. The summed E-state index contributed by atoms with van der Waals surface area (Å²) in [5.41, 5.74) is 1.10. The Bertz CT molecular complexity index is 939. The smallest absolute Gasteiger partial charge is 0.276 e. The summed E-state index contributed by atoms with van der Waals surface area (Å²) < 4.78 is 39.3.